The number of carbonyl (C=O) groups is 5. The summed E-state index contributed by atoms with van der Waals surface area (Å²) in [5.41, 5.74) is 1.70. The molecule has 2 aliphatic heterocycles. The summed E-state index contributed by atoms with van der Waals surface area (Å²) in [5, 5.41) is 12.6. The first-order valence-electron chi connectivity index (χ1n) is 15.9. The zero-order chi connectivity index (χ0) is 34.6. The Morgan fingerprint density at radius 2 is 1.76 bits per heavy atom. The van der Waals surface area contributed by atoms with Crippen LogP contribution in [0.5, 0.6) is 11.5 Å². The van der Waals surface area contributed by atoms with Crippen LogP contribution in [0.1, 0.15) is 46.5 Å². The number of hydrogen-bond donors (Lipinski definition) is 3. The zero-order valence-corrected chi connectivity index (χ0v) is 28.1. The van der Waals surface area contributed by atoms with Crippen LogP contribution in [0.4, 0.5) is 5.69 Å². The third-order valence-electron chi connectivity index (χ3n) is 9.95. The summed E-state index contributed by atoms with van der Waals surface area (Å²) in [7, 11) is 1.49. The first-order chi connectivity index (χ1) is 23.6. The lowest BCUT2D eigenvalue weighted by Gasteiger charge is -2.43. The highest BCUT2D eigenvalue weighted by Crippen LogP contribution is 2.68. The van der Waals surface area contributed by atoms with E-state index in [1.807, 2.05) is 12.1 Å². The van der Waals surface area contributed by atoms with Crippen LogP contribution in [-0.4, -0.2) is 76.8 Å². The van der Waals surface area contributed by atoms with Gasteiger partial charge in [-0.1, -0.05) is 17.4 Å². The minimum absolute atomic E-state index is 0.0258. The summed E-state index contributed by atoms with van der Waals surface area (Å²) in [4.78, 5) is 80.3. The third-order valence-corrected chi connectivity index (χ3v) is 12.5. The van der Waals surface area contributed by atoms with Gasteiger partial charge in [-0.25, -0.2) is 4.79 Å². The number of ether oxygens (including phenoxy) is 3. The molecule has 0 radical (unpaired) electrons. The molecule has 49 heavy (non-hydrogen) atoms. The van der Waals surface area contributed by atoms with E-state index in [2.05, 4.69) is 10.3 Å². The molecule has 3 amide bonds. The summed E-state index contributed by atoms with van der Waals surface area (Å²) in [6.07, 6.45) is 0.408. The van der Waals surface area contributed by atoms with Gasteiger partial charge in [0.15, 0.2) is 18.1 Å². The van der Waals surface area contributed by atoms with Crippen molar-refractivity contribution in [2.45, 2.75) is 36.0 Å². The molecule has 7 rings (SSSR count). The number of thiazole rings is 1. The number of H-pyrrole nitrogens is 1. The largest absolute Gasteiger partial charge is 0.493 e. The van der Waals surface area contributed by atoms with E-state index >= 15 is 0 Å². The molecule has 2 bridgehead atoms. The molecule has 2 aliphatic carbocycles. The number of carboxylic acids is 1. The van der Waals surface area contributed by atoms with Crippen LogP contribution in [0.2, 0.25) is 0 Å². The maximum Gasteiger partial charge on any atom is 0.338 e. The Morgan fingerprint density at radius 3 is 2.45 bits per heavy atom. The third kappa shape index (κ3) is 5.78. The topological polar surface area (TPSA) is 181 Å². The predicted octanol–water partition coefficient (Wildman–Crippen LogP) is 3.59. The number of amides is 3. The summed E-state index contributed by atoms with van der Waals surface area (Å²) in [6.45, 7) is 1.53. The molecular formula is C34H33N3O10S2. The summed E-state index contributed by atoms with van der Waals surface area (Å²) in [6, 6.07) is 11.7. The van der Waals surface area contributed by atoms with Crippen LogP contribution in [0.3, 0.4) is 0 Å². The summed E-state index contributed by atoms with van der Waals surface area (Å²) >= 11 is 2.70. The van der Waals surface area contributed by atoms with Gasteiger partial charge in [-0.2, -0.15) is 0 Å². The van der Waals surface area contributed by atoms with Crippen LogP contribution >= 0.6 is 23.1 Å². The van der Waals surface area contributed by atoms with Gasteiger partial charge in [0.2, 0.25) is 11.8 Å². The summed E-state index contributed by atoms with van der Waals surface area (Å²) < 4.78 is 16.5. The lowest BCUT2D eigenvalue weighted by molar-refractivity contribution is -0.142. The second-order valence-electron chi connectivity index (χ2n) is 12.5. The van der Waals surface area contributed by atoms with Crippen LogP contribution in [-0.2, 0) is 23.9 Å². The normalized spacial score (nSPS) is 26.2. The minimum atomic E-state index is -1.07. The van der Waals surface area contributed by atoms with Gasteiger partial charge < -0.3 is 29.6 Å². The molecule has 3 aromatic rings. The number of fused-ring (bicyclic) bond motifs is 9. The van der Waals surface area contributed by atoms with E-state index in [0.29, 0.717) is 29.2 Å². The number of anilines is 1. The fourth-order valence-electron chi connectivity index (χ4n) is 8.12. The van der Waals surface area contributed by atoms with E-state index in [9.17, 15) is 33.9 Å². The van der Waals surface area contributed by atoms with Crippen LogP contribution in [0, 0.1) is 29.6 Å². The number of aliphatic carboxylic acids is 1. The molecule has 13 nitrogen and oxygen atoms in total. The van der Waals surface area contributed by atoms with Crippen molar-refractivity contribution in [1.29, 1.82) is 0 Å². The van der Waals surface area contributed by atoms with Crippen LogP contribution < -0.4 is 19.7 Å². The molecule has 4 aliphatic rings. The Morgan fingerprint density at radius 1 is 1.02 bits per heavy atom. The fourth-order valence-corrected chi connectivity index (χ4v) is 11.0. The number of nitrogens with one attached hydrogen (secondary N) is 2. The molecule has 3 heterocycles. The predicted molar refractivity (Wildman–Crippen MR) is 177 cm³/mol. The number of aromatic amines is 1. The van der Waals surface area contributed by atoms with Crippen molar-refractivity contribution in [1.82, 2.24) is 9.88 Å². The average molecular weight is 708 g/mol. The maximum atomic E-state index is 13.6. The number of imide groups is 1. The standard InChI is InChI=1S/C34H33N3O10S2/c1-3-46-33(43)15-4-7-17(8-5-15)35-22(38)14-47-20-9-6-16(12-21(20)45-2)24-25-18-13-19(28(25)48-30-29(24)49-34(44)36-30)27-26(18)31(41)37(32(27)42)11-10-23(39)40/h4-9,12,18-19,24-28H,3,10-11,13-14H2,1-2H3,(H,35,38)(H,36,44)(H,39,40)/t18?,19?,24-,25?,26?,27?,28?/m1/s1. The van der Waals surface area contributed by atoms with E-state index in [-0.39, 0.29) is 71.8 Å². The van der Waals surface area contributed by atoms with E-state index in [4.69, 9.17) is 14.2 Å². The Hall–Kier alpha value is -4.63. The van der Waals surface area contributed by atoms with Crippen LogP contribution in [0.25, 0.3) is 0 Å². The smallest absolute Gasteiger partial charge is 0.338 e. The first kappa shape index (κ1) is 32.9. The van der Waals surface area contributed by atoms with Gasteiger partial charge in [0.05, 0.1) is 42.6 Å². The number of rotatable bonds is 11. The zero-order valence-electron chi connectivity index (χ0n) is 26.5. The van der Waals surface area contributed by atoms with Crippen molar-refractivity contribution in [3.8, 4) is 11.5 Å². The Labute approximate surface area is 288 Å². The number of carbonyl (C=O) groups excluding carboxylic acids is 4. The van der Waals surface area contributed by atoms with Crippen LogP contribution in [0.15, 0.2) is 52.3 Å². The fraction of sp³-hybridized carbons (Fsp3) is 0.412. The van der Waals surface area contributed by atoms with Gasteiger partial charge >= 0.3 is 16.8 Å². The summed E-state index contributed by atoms with van der Waals surface area (Å²) in [5.74, 6) is -3.32. The van der Waals surface area contributed by atoms with Gasteiger partial charge in [0.25, 0.3) is 5.91 Å². The molecule has 1 saturated heterocycles. The second kappa shape index (κ2) is 13.0. The number of esters is 1. The molecule has 3 N–H and O–H groups in total. The lowest BCUT2D eigenvalue weighted by atomic mass is 9.68. The number of nitrogens with zero attached hydrogens (tertiary/aromatic N) is 1. The average Bonchev–Trinajstić information content (AvgIpc) is 3.82. The molecule has 0 spiro atoms. The number of hydrogen-bond acceptors (Lipinski definition) is 11. The monoisotopic (exact) mass is 707 g/mol. The molecular weight excluding hydrogens is 675 g/mol. The van der Waals surface area contributed by atoms with Crippen molar-refractivity contribution in [2.24, 2.45) is 29.6 Å². The highest BCUT2D eigenvalue weighted by molar-refractivity contribution is 8.00. The Kier molecular flexibility index (Phi) is 8.73. The minimum Gasteiger partial charge on any atom is -0.493 e. The van der Waals surface area contributed by atoms with Crippen molar-refractivity contribution >= 4 is 58.4 Å². The van der Waals surface area contributed by atoms with E-state index in [0.717, 1.165) is 31.7 Å². The number of carboxylic acid groups (broad SMARTS) is 1. The van der Waals surface area contributed by atoms with Gasteiger partial charge in [-0.15, -0.1) is 11.8 Å². The molecule has 2 saturated carbocycles. The van der Waals surface area contributed by atoms with E-state index in [1.165, 1.54) is 7.11 Å². The Bertz CT molecular complexity index is 1910. The highest BCUT2D eigenvalue weighted by atomic mass is 32.2. The molecule has 256 valence electrons. The van der Waals surface area contributed by atoms with Gasteiger partial charge in [-0.05, 0) is 73.1 Å². The van der Waals surface area contributed by atoms with Crippen molar-refractivity contribution in [2.75, 3.05) is 32.2 Å². The highest BCUT2D eigenvalue weighted by Gasteiger charge is 2.69. The van der Waals surface area contributed by atoms with E-state index in [1.54, 1.807) is 49.0 Å². The maximum absolute atomic E-state index is 13.6. The SMILES string of the molecule is CCOC(=O)c1ccc(NC(=O)COc2ccc([C@H]3c4sc(=O)[nH]c4SC4C5CC(C6C(=O)N(CCC(=O)O)C(=O)C56)C43)cc2OC)cc1. The van der Waals surface area contributed by atoms with Gasteiger partial charge in [0, 0.05) is 28.3 Å². The second-order valence-corrected chi connectivity index (χ2v) is 14.7. The quantitative estimate of drug-likeness (QED) is 0.196. The molecule has 2 aromatic carbocycles. The number of thioether (sulfide) groups is 1. The van der Waals surface area contributed by atoms with E-state index < -0.39 is 29.7 Å². The van der Waals surface area contributed by atoms with Gasteiger partial charge in [-0.3, -0.25) is 28.9 Å². The number of methoxy groups -OCH3 is 1. The Balaban J connectivity index is 1.11. The molecule has 7 atom stereocenters. The lowest BCUT2D eigenvalue weighted by Crippen LogP contribution is -2.42. The molecule has 15 heteroatoms. The van der Waals surface area contributed by atoms with Crippen molar-refractivity contribution in [3.63, 3.8) is 0 Å². The van der Waals surface area contributed by atoms with Crippen molar-refractivity contribution in [3.05, 3.63) is 68.1 Å². The molecule has 1 aromatic heterocycles. The molecule has 6 unspecified atom stereocenters. The number of benzene rings is 2. The molecule has 3 fully saturated rings. The number of likely N-dealkylation sites (tertiary alicyclic amines) is 1. The van der Waals surface area contributed by atoms with Gasteiger partial charge in [0.1, 0.15) is 0 Å². The first-order valence-corrected chi connectivity index (χ1v) is 17.6. The van der Waals surface area contributed by atoms with Crippen molar-refractivity contribution < 1.29 is 43.3 Å². The number of aromatic nitrogens is 1.